The zero-order valence-electron chi connectivity index (χ0n) is 22.6. The van der Waals surface area contributed by atoms with Gasteiger partial charge in [-0.2, -0.15) is 4.31 Å². The first-order valence-corrected chi connectivity index (χ1v) is 14.9. The topological polar surface area (TPSA) is 113 Å². The first kappa shape index (κ1) is 27.5. The lowest BCUT2D eigenvalue weighted by Gasteiger charge is -2.26. The average Bonchev–Trinajstić information content (AvgIpc) is 3.33. The van der Waals surface area contributed by atoms with Gasteiger partial charge in [-0.3, -0.25) is 9.59 Å². The molecule has 2 amide bonds. The number of imidazole rings is 1. The monoisotopic (exact) mass is 559 g/mol. The maximum absolute atomic E-state index is 13.3. The molecule has 5 rings (SSSR count). The largest absolute Gasteiger partial charge is 0.342 e. The Labute approximate surface area is 234 Å². The molecule has 3 aromatic carbocycles. The summed E-state index contributed by atoms with van der Waals surface area (Å²) in [6.07, 6.45) is 2.72. The summed E-state index contributed by atoms with van der Waals surface area (Å²) in [5.74, 6) is -0.0349. The fourth-order valence-corrected chi connectivity index (χ4v) is 6.84. The molecule has 10 heteroatoms. The van der Waals surface area contributed by atoms with Crippen molar-refractivity contribution in [2.24, 2.45) is 0 Å². The lowest BCUT2D eigenvalue weighted by atomic mass is 10.2. The van der Waals surface area contributed by atoms with Crippen molar-refractivity contribution < 1.29 is 18.0 Å². The molecule has 9 nitrogen and oxygen atoms in total. The SMILES string of the molecule is Cc1ccc(NC(=O)Cn2c([C@H](C)NC(=O)c3ccccc3)nc3ccccc32)cc1S(=O)(=O)N1CCCCC1. The summed E-state index contributed by atoms with van der Waals surface area (Å²) in [7, 11) is -3.66. The molecular weight excluding hydrogens is 526 g/mol. The van der Waals surface area contributed by atoms with Gasteiger partial charge in [-0.1, -0.05) is 42.8 Å². The smallest absolute Gasteiger partial charge is 0.251 e. The van der Waals surface area contributed by atoms with E-state index in [-0.39, 0.29) is 23.3 Å². The van der Waals surface area contributed by atoms with E-state index >= 15 is 0 Å². The third-order valence-electron chi connectivity index (χ3n) is 7.16. The summed E-state index contributed by atoms with van der Waals surface area (Å²) < 4.78 is 30.0. The molecule has 0 aliphatic carbocycles. The van der Waals surface area contributed by atoms with E-state index in [9.17, 15) is 18.0 Å². The maximum atomic E-state index is 13.3. The lowest BCUT2D eigenvalue weighted by Crippen LogP contribution is -2.36. The predicted molar refractivity (Wildman–Crippen MR) is 154 cm³/mol. The summed E-state index contributed by atoms with van der Waals surface area (Å²) >= 11 is 0. The van der Waals surface area contributed by atoms with Crippen LogP contribution in [0.3, 0.4) is 0 Å². The van der Waals surface area contributed by atoms with Crippen LogP contribution in [0.25, 0.3) is 11.0 Å². The molecule has 0 unspecified atom stereocenters. The van der Waals surface area contributed by atoms with Crippen LogP contribution in [-0.2, 0) is 21.4 Å². The number of sulfonamides is 1. The van der Waals surface area contributed by atoms with Crippen molar-refractivity contribution >= 4 is 38.6 Å². The number of nitrogens with zero attached hydrogens (tertiary/aromatic N) is 3. The van der Waals surface area contributed by atoms with Gasteiger partial charge in [0.25, 0.3) is 5.91 Å². The Kier molecular flexibility index (Phi) is 7.99. The van der Waals surface area contributed by atoms with E-state index in [1.165, 1.54) is 10.4 Å². The molecule has 0 spiro atoms. The molecule has 1 atom stereocenters. The Morgan fingerprint density at radius 2 is 1.65 bits per heavy atom. The fraction of sp³-hybridized carbons (Fsp3) is 0.300. The van der Waals surface area contributed by atoms with E-state index in [2.05, 4.69) is 10.6 Å². The molecule has 2 heterocycles. The van der Waals surface area contributed by atoms with E-state index in [1.807, 2.05) is 37.3 Å². The van der Waals surface area contributed by atoms with Crippen LogP contribution in [0.15, 0.2) is 77.7 Å². The molecule has 1 aromatic heterocycles. The number of carbonyl (C=O) groups is 2. The minimum Gasteiger partial charge on any atom is -0.342 e. The van der Waals surface area contributed by atoms with Crippen LogP contribution in [0.5, 0.6) is 0 Å². The van der Waals surface area contributed by atoms with Gasteiger partial charge in [0, 0.05) is 24.3 Å². The maximum Gasteiger partial charge on any atom is 0.251 e. The molecule has 0 bridgehead atoms. The van der Waals surface area contributed by atoms with Gasteiger partial charge in [-0.15, -0.1) is 0 Å². The standard InChI is InChI=1S/C30H33N5O4S/c1-21-15-16-24(19-27(21)40(38,39)34-17-9-4-10-18-34)32-28(36)20-35-26-14-8-7-13-25(26)33-29(35)22(2)31-30(37)23-11-5-3-6-12-23/h3,5-8,11-16,19,22H,4,9-10,17-18,20H2,1-2H3,(H,31,37)(H,32,36)/t22-/m0/s1. The van der Waals surface area contributed by atoms with Crippen LogP contribution in [0.2, 0.25) is 0 Å². The number of anilines is 1. The molecule has 208 valence electrons. The van der Waals surface area contributed by atoms with Crippen LogP contribution in [-0.4, -0.2) is 47.2 Å². The second-order valence-corrected chi connectivity index (χ2v) is 12.0. The van der Waals surface area contributed by atoms with Crippen molar-refractivity contribution in [2.75, 3.05) is 18.4 Å². The number of aromatic nitrogens is 2. The Morgan fingerprint density at radius 3 is 2.40 bits per heavy atom. The minimum absolute atomic E-state index is 0.0660. The Morgan fingerprint density at radius 1 is 0.950 bits per heavy atom. The third-order valence-corrected chi connectivity index (χ3v) is 9.20. The number of hydrogen-bond donors (Lipinski definition) is 2. The number of nitrogens with one attached hydrogen (secondary N) is 2. The van der Waals surface area contributed by atoms with Gasteiger partial charge in [0.2, 0.25) is 15.9 Å². The highest BCUT2D eigenvalue weighted by Crippen LogP contribution is 2.27. The van der Waals surface area contributed by atoms with E-state index in [0.717, 1.165) is 24.8 Å². The van der Waals surface area contributed by atoms with Crippen LogP contribution in [0.1, 0.15) is 54.0 Å². The van der Waals surface area contributed by atoms with Crippen LogP contribution >= 0.6 is 0 Å². The van der Waals surface area contributed by atoms with Gasteiger partial charge in [0.15, 0.2) is 0 Å². The molecule has 40 heavy (non-hydrogen) atoms. The second kappa shape index (κ2) is 11.6. The predicted octanol–water partition coefficient (Wildman–Crippen LogP) is 4.65. The van der Waals surface area contributed by atoms with Crippen molar-refractivity contribution in [3.8, 4) is 0 Å². The van der Waals surface area contributed by atoms with E-state index in [0.29, 0.717) is 41.2 Å². The van der Waals surface area contributed by atoms with Crippen molar-refractivity contribution in [1.82, 2.24) is 19.2 Å². The van der Waals surface area contributed by atoms with Crippen LogP contribution in [0, 0.1) is 6.92 Å². The fourth-order valence-electron chi connectivity index (χ4n) is 5.07. The number of para-hydroxylation sites is 2. The normalized spacial score (nSPS) is 15.1. The van der Waals surface area contributed by atoms with E-state index in [4.69, 9.17) is 4.98 Å². The van der Waals surface area contributed by atoms with Crippen molar-refractivity contribution in [1.29, 1.82) is 0 Å². The van der Waals surface area contributed by atoms with Gasteiger partial charge in [0.1, 0.15) is 12.4 Å². The lowest BCUT2D eigenvalue weighted by molar-refractivity contribution is -0.116. The van der Waals surface area contributed by atoms with E-state index < -0.39 is 16.1 Å². The van der Waals surface area contributed by atoms with Crippen LogP contribution < -0.4 is 10.6 Å². The molecular formula is C30H33N5O4S. The molecule has 0 saturated carbocycles. The average molecular weight is 560 g/mol. The number of carbonyl (C=O) groups excluding carboxylic acids is 2. The summed E-state index contributed by atoms with van der Waals surface area (Å²) in [5.41, 5.74) is 3.03. The highest BCUT2D eigenvalue weighted by molar-refractivity contribution is 7.89. The number of aryl methyl sites for hydroxylation is 1. The number of amides is 2. The highest BCUT2D eigenvalue weighted by Gasteiger charge is 2.28. The summed E-state index contributed by atoms with van der Waals surface area (Å²) in [6, 6.07) is 20.9. The van der Waals surface area contributed by atoms with Gasteiger partial charge in [0.05, 0.1) is 22.0 Å². The summed E-state index contributed by atoms with van der Waals surface area (Å²) in [5, 5.41) is 5.84. The van der Waals surface area contributed by atoms with Gasteiger partial charge >= 0.3 is 0 Å². The van der Waals surface area contributed by atoms with Crippen molar-refractivity contribution in [3.05, 3.63) is 89.7 Å². The van der Waals surface area contributed by atoms with Gasteiger partial charge in [-0.25, -0.2) is 13.4 Å². The van der Waals surface area contributed by atoms with Crippen molar-refractivity contribution in [2.45, 2.75) is 50.6 Å². The number of rotatable bonds is 8. The molecule has 0 radical (unpaired) electrons. The summed E-state index contributed by atoms with van der Waals surface area (Å²) in [6.45, 7) is 4.54. The Hall–Kier alpha value is -4.02. The van der Waals surface area contributed by atoms with Gasteiger partial charge < -0.3 is 15.2 Å². The second-order valence-electron chi connectivity index (χ2n) is 10.1. The first-order valence-electron chi connectivity index (χ1n) is 13.5. The first-order chi connectivity index (χ1) is 19.2. The number of hydrogen-bond acceptors (Lipinski definition) is 5. The van der Waals surface area contributed by atoms with Gasteiger partial charge in [-0.05, 0) is 68.7 Å². The molecule has 1 saturated heterocycles. The van der Waals surface area contributed by atoms with E-state index in [1.54, 1.807) is 47.9 Å². The molecule has 4 aromatic rings. The number of piperidine rings is 1. The summed E-state index contributed by atoms with van der Waals surface area (Å²) in [4.78, 5) is 31.0. The zero-order chi connectivity index (χ0) is 28.3. The number of benzene rings is 3. The Balaban J connectivity index is 1.37. The zero-order valence-corrected chi connectivity index (χ0v) is 23.4. The number of fused-ring (bicyclic) bond motifs is 1. The molecule has 1 aliphatic heterocycles. The third kappa shape index (κ3) is 5.78. The van der Waals surface area contributed by atoms with Crippen LogP contribution in [0.4, 0.5) is 5.69 Å². The molecule has 2 N–H and O–H groups in total. The van der Waals surface area contributed by atoms with Crippen molar-refractivity contribution in [3.63, 3.8) is 0 Å². The molecule has 1 fully saturated rings. The highest BCUT2D eigenvalue weighted by atomic mass is 32.2. The minimum atomic E-state index is -3.66. The Bertz CT molecular complexity index is 1640. The quantitative estimate of drug-likeness (QED) is 0.326. The molecule has 1 aliphatic rings.